The number of anilines is 2. The van der Waals surface area contributed by atoms with Crippen LogP contribution in [0.3, 0.4) is 0 Å². The first-order valence-corrected chi connectivity index (χ1v) is 12.2. The van der Waals surface area contributed by atoms with Crippen molar-refractivity contribution in [3.63, 3.8) is 0 Å². The van der Waals surface area contributed by atoms with Crippen LogP contribution < -0.4 is 13.9 Å². The first kappa shape index (κ1) is 19.3. The lowest BCUT2D eigenvalue weighted by Gasteiger charge is -2.28. The predicted molar refractivity (Wildman–Crippen MR) is 116 cm³/mol. The van der Waals surface area contributed by atoms with Gasteiger partial charge in [-0.15, -0.1) is 0 Å². The molecule has 30 heavy (non-hydrogen) atoms. The normalized spacial score (nSPS) is 24.5. The van der Waals surface area contributed by atoms with E-state index in [9.17, 15) is 13.7 Å². The molecule has 5 rings (SSSR count). The Balaban J connectivity index is 1.47. The smallest absolute Gasteiger partial charge is 0.235 e. The molecular formula is C23H25N3O3S. The van der Waals surface area contributed by atoms with E-state index in [-0.39, 0.29) is 17.7 Å². The highest BCUT2D eigenvalue weighted by atomic mass is 32.2. The van der Waals surface area contributed by atoms with Crippen molar-refractivity contribution in [2.45, 2.75) is 44.2 Å². The van der Waals surface area contributed by atoms with Crippen LogP contribution in [0.4, 0.5) is 11.4 Å². The standard InChI is InChI=1S/C23H25N3O3S/c1-2-25-22-14-19(29-18-8-9-18)10-11-20(22)21(15-24)23(25)16-4-6-17(7-5-16)26-12-3-13-30(26,27)28/h4-7,10-11,14,18,21,23H,2-3,8-9,12-13H2,1H3. The second-order valence-electron chi connectivity index (χ2n) is 8.21. The Labute approximate surface area is 177 Å². The third kappa shape index (κ3) is 3.20. The van der Waals surface area contributed by atoms with Gasteiger partial charge in [0.1, 0.15) is 5.75 Å². The molecule has 2 aliphatic heterocycles. The van der Waals surface area contributed by atoms with Gasteiger partial charge in [0.2, 0.25) is 10.0 Å². The van der Waals surface area contributed by atoms with Gasteiger partial charge in [-0.1, -0.05) is 18.2 Å². The quantitative estimate of drug-likeness (QED) is 0.728. The lowest BCUT2D eigenvalue weighted by atomic mass is 9.91. The highest BCUT2D eigenvalue weighted by Gasteiger charge is 2.39. The largest absolute Gasteiger partial charge is 0.490 e. The van der Waals surface area contributed by atoms with Crippen molar-refractivity contribution in [3.05, 3.63) is 53.6 Å². The summed E-state index contributed by atoms with van der Waals surface area (Å²) in [5.74, 6) is 0.788. The molecule has 1 saturated carbocycles. The summed E-state index contributed by atoms with van der Waals surface area (Å²) >= 11 is 0. The van der Waals surface area contributed by atoms with Crippen LogP contribution in [-0.4, -0.2) is 33.4 Å². The summed E-state index contributed by atoms with van der Waals surface area (Å²) in [7, 11) is -3.20. The van der Waals surface area contributed by atoms with E-state index < -0.39 is 10.0 Å². The SMILES string of the molecule is CCN1c2cc(OC3CC3)ccc2C(C#N)C1c1ccc(N2CCCS2(=O)=O)cc1. The van der Waals surface area contributed by atoms with Gasteiger partial charge in [0.15, 0.2) is 0 Å². The van der Waals surface area contributed by atoms with Gasteiger partial charge in [-0.3, -0.25) is 4.31 Å². The Hall–Kier alpha value is -2.72. The van der Waals surface area contributed by atoms with E-state index in [2.05, 4.69) is 24.0 Å². The lowest BCUT2D eigenvalue weighted by Crippen LogP contribution is -2.27. The molecule has 156 valence electrons. The number of hydrogen-bond acceptors (Lipinski definition) is 5. The topological polar surface area (TPSA) is 73.6 Å². The molecule has 0 spiro atoms. The van der Waals surface area contributed by atoms with E-state index >= 15 is 0 Å². The molecule has 6 nitrogen and oxygen atoms in total. The fraction of sp³-hybridized carbons (Fsp3) is 0.435. The summed E-state index contributed by atoms with van der Waals surface area (Å²) < 4.78 is 31.9. The van der Waals surface area contributed by atoms with E-state index in [1.807, 2.05) is 36.4 Å². The number of benzene rings is 2. The molecule has 0 bridgehead atoms. The number of hydrogen-bond donors (Lipinski definition) is 0. The van der Waals surface area contributed by atoms with Crippen molar-refractivity contribution in [2.24, 2.45) is 0 Å². The fourth-order valence-corrected chi connectivity index (χ4v) is 6.20. The first-order valence-electron chi connectivity index (χ1n) is 10.6. The maximum Gasteiger partial charge on any atom is 0.235 e. The average Bonchev–Trinajstić information content (AvgIpc) is 3.40. The number of rotatable bonds is 5. The Bertz CT molecular complexity index is 1100. The first-order chi connectivity index (χ1) is 14.5. The van der Waals surface area contributed by atoms with Gasteiger partial charge in [0.25, 0.3) is 0 Å². The Morgan fingerprint density at radius 3 is 2.53 bits per heavy atom. The van der Waals surface area contributed by atoms with E-state index in [4.69, 9.17) is 4.74 Å². The second-order valence-corrected chi connectivity index (χ2v) is 10.2. The lowest BCUT2D eigenvalue weighted by molar-refractivity contribution is 0.303. The van der Waals surface area contributed by atoms with Crippen molar-refractivity contribution in [2.75, 3.05) is 28.0 Å². The molecule has 0 amide bonds. The molecule has 1 aliphatic carbocycles. The molecule has 2 unspecified atom stereocenters. The number of ether oxygens (including phenoxy) is 1. The van der Waals surface area contributed by atoms with Crippen LogP contribution >= 0.6 is 0 Å². The maximum absolute atomic E-state index is 12.2. The molecule has 2 fully saturated rings. The molecule has 2 atom stereocenters. The van der Waals surface area contributed by atoms with Crippen LogP contribution in [0.1, 0.15) is 49.3 Å². The number of sulfonamides is 1. The molecular weight excluding hydrogens is 398 g/mol. The van der Waals surface area contributed by atoms with Gasteiger partial charge in [0, 0.05) is 24.8 Å². The van der Waals surface area contributed by atoms with Crippen molar-refractivity contribution in [1.82, 2.24) is 0 Å². The zero-order chi connectivity index (χ0) is 20.9. The van der Waals surface area contributed by atoms with E-state index in [0.717, 1.165) is 42.0 Å². The van der Waals surface area contributed by atoms with Crippen molar-refractivity contribution < 1.29 is 13.2 Å². The maximum atomic E-state index is 12.2. The number of fused-ring (bicyclic) bond motifs is 1. The molecule has 0 aromatic heterocycles. The number of nitrogens with zero attached hydrogens (tertiary/aromatic N) is 3. The summed E-state index contributed by atoms with van der Waals surface area (Å²) in [6, 6.07) is 16.1. The third-order valence-electron chi connectivity index (χ3n) is 6.23. The zero-order valence-electron chi connectivity index (χ0n) is 17.0. The van der Waals surface area contributed by atoms with E-state index in [0.29, 0.717) is 24.8 Å². The van der Waals surface area contributed by atoms with Crippen molar-refractivity contribution in [3.8, 4) is 11.8 Å². The second kappa shape index (κ2) is 7.21. The van der Waals surface area contributed by atoms with Gasteiger partial charge in [-0.05, 0) is 55.5 Å². The fourth-order valence-electron chi connectivity index (χ4n) is 4.63. The van der Waals surface area contributed by atoms with Crippen molar-refractivity contribution in [1.29, 1.82) is 5.26 Å². The Kier molecular flexibility index (Phi) is 4.62. The summed E-state index contributed by atoms with van der Waals surface area (Å²) in [6.07, 6.45) is 3.21. The predicted octanol–water partition coefficient (Wildman–Crippen LogP) is 3.96. The van der Waals surface area contributed by atoms with E-state index in [1.165, 1.54) is 4.31 Å². The highest BCUT2D eigenvalue weighted by Crippen LogP contribution is 2.50. The summed E-state index contributed by atoms with van der Waals surface area (Å²) in [4.78, 5) is 2.25. The summed E-state index contributed by atoms with van der Waals surface area (Å²) in [5, 5.41) is 9.98. The number of likely N-dealkylation sites (N-methyl/N-ethyl adjacent to an activating group) is 1. The minimum atomic E-state index is -3.20. The van der Waals surface area contributed by atoms with Crippen LogP contribution in [0.25, 0.3) is 0 Å². The summed E-state index contributed by atoms with van der Waals surface area (Å²) in [5.41, 5.74) is 3.80. The van der Waals surface area contributed by atoms with E-state index in [1.54, 1.807) is 0 Å². The molecule has 7 heteroatoms. The van der Waals surface area contributed by atoms with Gasteiger partial charge in [0.05, 0.1) is 35.6 Å². The molecule has 2 aromatic rings. The van der Waals surface area contributed by atoms with Gasteiger partial charge in [-0.25, -0.2) is 8.42 Å². The average molecular weight is 424 g/mol. The Morgan fingerprint density at radius 1 is 1.17 bits per heavy atom. The minimum Gasteiger partial charge on any atom is -0.490 e. The van der Waals surface area contributed by atoms with Crippen LogP contribution in [0, 0.1) is 11.3 Å². The highest BCUT2D eigenvalue weighted by molar-refractivity contribution is 7.93. The van der Waals surface area contributed by atoms with Gasteiger partial charge < -0.3 is 9.64 Å². The van der Waals surface area contributed by atoms with Crippen LogP contribution in [0.5, 0.6) is 5.75 Å². The molecule has 1 saturated heterocycles. The van der Waals surface area contributed by atoms with Gasteiger partial charge >= 0.3 is 0 Å². The molecule has 2 heterocycles. The molecule has 2 aromatic carbocycles. The summed E-state index contributed by atoms with van der Waals surface area (Å²) in [6.45, 7) is 3.39. The third-order valence-corrected chi connectivity index (χ3v) is 8.10. The minimum absolute atomic E-state index is 0.101. The monoisotopic (exact) mass is 423 g/mol. The van der Waals surface area contributed by atoms with Crippen molar-refractivity contribution >= 4 is 21.4 Å². The molecule has 3 aliphatic rings. The zero-order valence-corrected chi connectivity index (χ0v) is 17.8. The molecule has 0 radical (unpaired) electrons. The number of nitriles is 1. The van der Waals surface area contributed by atoms with Crippen LogP contribution in [0.15, 0.2) is 42.5 Å². The molecule has 0 N–H and O–H groups in total. The van der Waals surface area contributed by atoms with Crippen LogP contribution in [0.2, 0.25) is 0 Å². The Morgan fingerprint density at radius 2 is 1.93 bits per heavy atom. The van der Waals surface area contributed by atoms with Crippen LogP contribution in [-0.2, 0) is 10.0 Å². The van der Waals surface area contributed by atoms with Gasteiger partial charge in [-0.2, -0.15) is 5.26 Å².